The van der Waals surface area contributed by atoms with Crippen LogP contribution in [0.25, 0.3) is 11.4 Å². The molecule has 0 spiro atoms. The molecule has 3 rings (SSSR count). The SMILES string of the molecule is Cc1ccc(-c2nc(Cl)c(Br)c(C3CCCC3)n2)c(C)c1. The number of halogens is 2. The standard InChI is InChI=1S/C17H18BrClN2/c1-10-7-8-13(11(2)9-10)17-20-15(12-5-3-4-6-12)14(18)16(19)21-17/h7-9,12H,3-6H2,1-2H3. The summed E-state index contributed by atoms with van der Waals surface area (Å²) in [5.41, 5.74) is 4.57. The van der Waals surface area contributed by atoms with E-state index in [1.54, 1.807) is 0 Å². The number of hydrogen-bond acceptors (Lipinski definition) is 2. The molecule has 0 radical (unpaired) electrons. The number of hydrogen-bond donors (Lipinski definition) is 0. The Morgan fingerprint density at radius 2 is 1.86 bits per heavy atom. The highest BCUT2D eigenvalue weighted by Gasteiger charge is 2.24. The fourth-order valence-electron chi connectivity index (χ4n) is 3.09. The average Bonchev–Trinajstić information content (AvgIpc) is 2.96. The van der Waals surface area contributed by atoms with Crippen molar-refractivity contribution in [2.45, 2.75) is 45.4 Å². The highest BCUT2D eigenvalue weighted by Crippen LogP contribution is 2.39. The van der Waals surface area contributed by atoms with E-state index in [1.807, 2.05) is 0 Å². The monoisotopic (exact) mass is 364 g/mol. The molecule has 2 nitrogen and oxygen atoms in total. The molecular formula is C17H18BrClN2. The van der Waals surface area contributed by atoms with Crippen molar-refractivity contribution in [3.63, 3.8) is 0 Å². The molecule has 1 aromatic carbocycles. The van der Waals surface area contributed by atoms with E-state index in [9.17, 15) is 0 Å². The molecule has 1 aromatic heterocycles. The van der Waals surface area contributed by atoms with Crippen molar-refractivity contribution >= 4 is 27.5 Å². The highest BCUT2D eigenvalue weighted by atomic mass is 79.9. The van der Waals surface area contributed by atoms with Gasteiger partial charge in [-0.1, -0.05) is 48.2 Å². The molecule has 4 heteroatoms. The van der Waals surface area contributed by atoms with Gasteiger partial charge >= 0.3 is 0 Å². The zero-order chi connectivity index (χ0) is 15.0. The van der Waals surface area contributed by atoms with Crippen LogP contribution in [0.3, 0.4) is 0 Å². The zero-order valence-corrected chi connectivity index (χ0v) is 14.6. The number of benzene rings is 1. The Morgan fingerprint density at radius 1 is 1.14 bits per heavy atom. The summed E-state index contributed by atoms with van der Waals surface area (Å²) in [6, 6.07) is 6.34. The summed E-state index contributed by atoms with van der Waals surface area (Å²) < 4.78 is 0.865. The normalized spacial score (nSPS) is 15.6. The topological polar surface area (TPSA) is 25.8 Å². The molecule has 0 N–H and O–H groups in total. The maximum Gasteiger partial charge on any atom is 0.161 e. The third kappa shape index (κ3) is 3.00. The van der Waals surface area contributed by atoms with Gasteiger partial charge in [0.1, 0.15) is 5.15 Å². The lowest BCUT2D eigenvalue weighted by Crippen LogP contribution is -2.03. The maximum absolute atomic E-state index is 6.33. The molecule has 0 aliphatic heterocycles. The Morgan fingerprint density at radius 3 is 2.52 bits per heavy atom. The van der Waals surface area contributed by atoms with Crippen molar-refractivity contribution < 1.29 is 0 Å². The first-order valence-corrected chi connectivity index (χ1v) is 8.54. The van der Waals surface area contributed by atoms with Gasteiger partial charge < -0.3 is 0 Å². The molecule has 0 saturated heterocycles. The second kappa shape index (κ2) is 6.05. The van der Waals surface area contributed by atoms with Crippen LogP contribution in [0.4, 0.5) is 0 Å². The molecule has 0 amide bonds. The second-order valence-corrected chi connectivity index (χ2v) is 6.99. The van der Waals surface area contributed by atoms with Gasteiger partial charge in [-0.3, -0.25) is 0 Å². The Bertz CT molecular complexity index is 679. The van der Waals surface area contributed by atoms with Crippen LogP contribution in [0.2, 0.25) is 5.15 Å². The predicted octanol–water partition coefficient (Wildman–Crippen LogP) is 5.83. The fraction of sp³-hybridized carbons (Fsp3) is 0.412. The number of rotatable bonds is 2. The van der Waals surface area contributed by atoms with Crippen molar-refractivity contribution in [3.8, 4) is 11.4 Å². The van der Waals surface area contributed by atoms with E-state index in [1.165, 1.54) is 36.8 Å². The van der Waals surface area contributed by atoms with Crippen LogP contribution in [-0.2, 0) is 0 Å². The van der Waals surface area contributed by atoms with Gasteiger partial charge in [0, 0.05) is 11.5 Å². The van der Waals surface area contributed by atoms with E-state index in [0.717, 1.165) is 21.6 Å². The van der Waals surface area contributed by atoms with Crippen LogP contribution in [0.5, 0.6) is 0 Å². The number of nitrogens with zero attached hydrogens (tertiary/aromatic N) is 2. The Hall–Kier alpha value is -0.930. The summed E-state index contributed by atoms with van der Waals surface area (Å²) >= 11 is 9.90. The minimum absolute atomic E-state index is 0.504. The second-order valence-electron chi connectivity index (χ2n) is 5.84. The zero-order valence-electron chi connectivity index (χ0n) is 12.3. The van der Waals surface area contributed by atoms with Gasteiger partial charge in [-0.2, -0.15) is 0 Å². The van der Waals surface area contributed by atoms with Crippen molar-refractivity contribution in [1.29, 1.82) is 0 Å². The molecule has 1 saturated carbocycles. The van der Waals surface area contributed by atoms with E-state index >= 15 is 0 Å². The van der Waals surface area contributed by atoms with Crippen molar-refractivity contribution in [3.05, 3.63) is 44.6 Å². The number of aromatic nitrogens is 2. The van der Waals surface area contributed by atoms with Crippen molar-refractivity contribution in [2.75, 3.05) is 0 Å². The van der Waals surface area contributed by atoms with Gasteiger partial charge in [-0.15, -0.1) is 0 Å². The summed E-state index contributed by atoms with van der Waals surface area (Å²) in [5, 5.41) is 0.516. The van der Waals surface area contributed by atoms with Gasteiger partial charge in [0.05, 0.1) is 10.2 Å². The molecule has 1 heterocycles. The van der Waals surface area contributed by atoms with Crippen LogP contribution in [0, 0.1) is 13.8 Å². The molecule has 2 aromatic rings. The molecule has 0 bridgehead atoms. The molecule has 1 aliphatic carbocycles. The molecule has 1 aliphatic rings. The van der Waals surface area contributed by atoms with E-state index < -0.39 is 0 Å². The lowest BCUT2D eigenvalue weighted by atomic mass is 10.0. The van der Waals surface area contributed by atoms with Gasteiger partial charge in [-0.05, 0) is 48.2 Å². The summed E-state index contributed by atoms with van der Waals surface area (Å²) in [7, 11) is 0. The van der Waals surface area contributed by atoms with Crippen LogP contribution >= 0.6 is 27.5 Å². The third-order valence-corrected chi connectivity index (χ3v) is 5.48. The lowest BCUT2D eigenvalue weighted by molar-refractivity contribution is 0.690. The highest BCUT2D eigenvalue weighted by molar-refractivity contribution is 9.10. The van der Waals surface area contributed by atoms with Gasteiger partial charge in [0.2, 0.25) is 0 Å². The molecule has 21 heavy (non-hydrogen) atoms. The van der Waals surface area contributed by atoms with Crippen molar-refractivity contribution in [1.82, 2.24) is 9.97 Å². The summed E-state index contributed by atoms with van der Waals surface area (Å²) in [6.07, 6.45) is 4.94. The molecule has 0 atom stereocenters. The molecule has 110 valence electrons. The fourth-order valence-corrected chi connectivity index (χ4v) is 3.77. The van der Waals surface area contributed by atoms with Crippen molar-refractivity contribution in [2.24, 2.45) is 0 Å². The molecule has 1 fully saturated rings. The van der Waals surface area contributed by atoms with E-state index in [-0.39, 0.29) is 0 Å². The van der Waals surface area contributed by atoms with E-state index in [0.29, 0.717) is 11.1 Å². The lowest BCUT2D eigenvalue weighted by Gasteiger charge is -2.14. The van der Waals surface area contributed by atoms with Gasteiger partial charge in [0.15, 0.2) is 5.82 Å². The summed E-state index contributed by atoms with van der Waals surface area (Å²) in [5.74, 6) is 1.24. The predicted molar refractivity (Wildman–Crippen MR) is 90.9 cm³/mol. The molecule has 0 unspecified atom stereocenters. The first-order valence-electron chi connectivity index (χ1n) is 7.37. The van der Waals surface area contributed by atoms with Gasteiger partial charge in [-0.25, -0.2) is 9.97 Å². The molecular weight excluding hydrogens is 348 g/mol. The maximum atomic E-state index is 6.33. The number of aryl methyl sites for hydroxylation is 2. The quantitative estimate of drug-likeness (QED) is 0.625. The Balaban J connectivity index is 2.10. The first kappa shape index (κ1) is 15.0. The minimum atomic E-state index is 0.504. The van der Waals surface area contributed by atoms with E-state index in [2.05, 4.69) is 53.0 Å². The Labute approximate surface area is 139 Å². The average molecular weight is 366 g/mol. The first-order chi connectivity index (χ1) is 10.1. The van der Waals surface area contributed by atoms with Gasteiger partial charge in [0.25, 0.3) is 0 Å². The van der Waals surface area contributed by atoms with Crippen LogP contribution in [0.15, 0.2) is 22.7 Å². The summed E-state index contributed by atoms with van der Waals surface area (Å²) in [4.78, 5) is 9.31. The summed E-state index contributed by atoms with van der Waals surface area (Å²) in [6.45, 7) is 4.19. The Kier molecular flexibility index (Phi) is 4.32. The van der Waals surface area contributed by atoms with E-state index in [4.69, 9.17) is 16.6 Å². The third-order valence-electron chi connectivity index (χ3n) is 4.20. The smallest absolute Gasteiger partial charge is 0.161 e. The van der Waals surface area contributed by atoms with Crippen LogP contribution in [0.1, 0.15) is 48.4 Å². The van der Waals surface area contributed by atoms with Crippen LogP contribution < -0.4 is 0 Å². The largest absolute Gasteiger partial charge is 0.231 e. The van der Waals surface area contributed by atoms with Crippen LogP contribution in [-0.4, -0.2) is 9.97 Å². The minimum Gasteiger partial charge on any atom is -0.231 e.